The van der Waals surface area contributed by atoms with Crippen LogP contribution in [0.15, 0.2) is 0 Å². The van der Waals surface area contributed by atoms with Crippen molar-refractivity contribution >= 4 is 24.7 Å². The van der Waals surface area contributed by atoms with E-state index in [0.29, 0.717) is 0 Å². The number of hydrogen-bond donors (Lipinski definition) is 1. The topological polar surface area (TPSA) is 35.2 Å². The van der Waals surface area contributed by atoms with Crippen LogP contribution in [0.5, 0.6) is 0 Å². The summed E-state index contributed by atoms with van der Waals surface area (Å²) in [6.07, 6.45) is 1.14. The van der Waals surface area contributed by atoms with E-state index in [1.165, 1.54) is 11.7 Å². The summed E-state index contributed by atoms with van der Waals surface area (Å²) in [5, 5.41) is 0. The molecule has 5 heteroatoms. The first-order valence-corrected chi connectivity index (χ1v) is 16.3. The van der Waals surface area contributed by atoms with Crippen LogP contribution in [0.4, 0.5) is 0 Å². The lowest BCUT2D eigenvalue weighted by Crippen LogP contribution is -2.49. The molecule has 0 aromatic heterocycles. The Labute approximate surface area is 105 Å². The Hall–Kier alpha value is 0.571. The molecule has 0 bridgehead atoms. The number of rotatable bonds is 7. The molecule has 1 atom stereocenters. The van der Waals surface area contributed by atoms with Crippen LogP contribution in [0.3, 0.4) is 0 Å². The van der Waals surface area contributed by atoms with Gasteiger partial charge in [0.25, 0.3) is 0 Å². The van der Waals surface area contributed by atoms with Crippen molar-refractivity contribution in [3.63, 3.8) is 0 Å². The van der Waals surface area contributed by atoms with Crippen molar-refractivity contribution in [1.29, 1.82) is 0 Å². The summed E-state index contributed by atoms with van der Waals surface area (Å²) >= 11 is 0. The van der Waals surface area contributed by atoms with E-state index in [0.717, 1.165) is 13.0 Å². The second-order valence-electron chi connectivity index (χ2n) is 7.29. The molecule has 0 aromatic carbocycles. The van der Waals surface area contributed by atoms with Crippen molar-refractivity contribution in [2.45, 2.75) is 64.0 Å². The summed E-state index contributed by atoms with van der Waals surface area (Å²) in [5.41, 5.74) is 7.03. The average molecular weight is 278 g/mol. The molecule has 16 heavy (non-hydrogen) atoms. The van der Waals surface area contributed by atoms with Gasteiger partial charge in [-0.1, -0.05) is 19.6 Å². The van der Waals surface area contributed by atoms with Gasteiger partial charge in [-0.15, -0.1) is 0 Å². The van der Waals surface area contributed by atoms with Crippen LogP contribution in [0.2, 0.25) is 57.5 Å². The van der Waals surface area contributed by atoms with E-state index in [9.17, 15) is 0 Å². The maximum absolute atomic E-state index is 6.56. The van der Waals surface area contributed by atoms with Gasteiger partial charge in [0.1, 0.15) is 0 Å². The number of nitrogens with two attached hydrogens (primary N) is 1. The average Bonchev–Trinajstić information content (AvgIpc) is 1.93. The van der Waals surface area contributed by atoms with Crippen LogP contribution in [-0.2, 0) is 4.12 Å². The lowest BCUT2D eigenvalue weighted by Gasteiger charge is -2.38. The summed E-state index contributed by atoms with van der Waals surface area (Å²) in [6, 6.07) is 1.25. The third kappa shape index (κ3) is 8.69. The van der Waals surface area contributed by atoms with E-state index >= 15 is 0 Å². The van der Waals surface area contributed by atoms with Gasteiger partial charge in [-0.05, 0) is 50.9 Å². The largest absolute Gasteiger partial charge is 0.456 e. The van der Waals surface area contributed by atoms with Crippen molar-refractivity contribution in [2.24, 2.45) is 5.73 Å². The van der Waals surface area contributed by atoms with Gasteiger partial charge in [0.15, 0.2) is 16.6 Å². The molecule has 0 saturated carbocycles. The summed E-state index contributed by atoms with van der Waals surface area (Å²) in [7, 11) is -3.92. The van der Waals surface area contributed by atoms with E-state index in [4.69, 9.17) is 9.85 Å². The molecule has 2 nitrogen and oxygen atoms in total. The van der Waals surface area contributed by atoms with Crippen LogP contribution < -0.4 is 5.73 Å². The molecule has 0 spiro atoms. The van der Waals surface area contributed by atoms with Gasteiger partial charge in [-0.2, -0.15) is 0 Å². The monoisotopic (exact) mass is 277 g/mol. The molecule has 1 unspecified atom stereocenters. The van der Waals surface area contributed by atoms with Crippen molar-refractivity contribution in [3.8, 4) is 0 Å². The van der Waals surface area contributed by atoms with Gasteiger partial charge in [0.05, 0.1) is 0 Å². The van der Waals surface area contributed by atoms with Gasteiger partial charge < -0.3 is 9.85 Å². The molecule has 0 rings (SSSR count). The van der Waals surface area contributed by atoms with E-state index in [1.807, 2.05) is 0 Å². The smallest absolute Gasteiger partial charge is 0.173 e. The van der Waals surface area contributed by atoms with Crippen molar-refractivity contribution < 1.29 is 4.12 Å². The molecule has 0 amide bonds. The highest BCUT2D eigenvalue weighted by Crippen LogP contribution is 2.28. The zero-order valence-electron chi connectivity index (χ0n) is 12.3. The molecule has 2 N–H and O–H groups in total. The van der Waals surface area contributed by atoms with Crippen LogP contribution in [0.1, 0.15) is 6.42 Å². The molecule has 0 radical (unpaired) electrons. The molecule has 98 valence electrons. The fourth-order valence-corrected chi connectivity index (χ4v) is 20.4. The minimum atomic E-state index is -1.50. The Bertz CT molecular complexity index is 192. The third-order valence-electron chi connectivity index (χ3n) is 2.37. The summed E-state index contributed by atoms with van der Waals surface area (Å²) < 4.78 is 6.56. The van der Waals surface area contributed by atoms with Crippen molar-refractivity contribution in [1.82, 2.24) is 0 Å². The molecule has 0 heterocycles. The Morgan fingerprint density at radius 3 is 1.75 bits per heavy atom. The van der Waals surface area contributed by atoms with Crippen molar-refractivity contribution in [3.05, 3.63) is 0 Å². The van der Waals surface area contributed by atoms with Crippen LogP contribution in [0.25, 0.3) is 0 Å². The van der Waals surface area contributed by atoms with E-state index in [2.05, 4.69) is 45.8 Å². The maximum atomic E-state index is 6.56. The minimum Gasteiger partial charge on any atom is -0.456 e. The second-order valence-corrected chi connectivity index (χ2v) is 22.3. The fourth-order valence-electron chi connectivity index (χ4n) is 2.51. The summed E-state index contributed by atoms with van der Waals surface area (Å²) in [4.78, 5) is 0. The fraction of sp³-hybridized carbons (Fsp3) is 1.00. The lowest BCUT2D eigenvalue weighted by atomic mass is 10.5. The Balaban J connectivity index is 4.61. The first-order chi connectivity index (χ1) is 6.97. The second kappa shape index (κ2) is 5.95. The molecular weight excluding hydrogens is 246 g/mol. The Morgan fingerprint density at radius 1 is 0.938 bits per heavy atom. The SMILES string of the molecule is C[Si](C)(C)C[Si](C)(CCCN)O[Si](C)(C)C. The molecule has 0 aliphatic heterocycles. The van der Waals surface area contributed by atoms with Crippen molar-refractivity contribution in [2.75, 3.05) is 6.54 Å². The van der Waals surface area contributed by atoms with Gasteiger partial charge in [0.2, 0.25) is 0 Å². The van der Waals surface area contributed by atoms with E-state index < -0.39 is 24.7 Å². The Morgan fingerprint density at radius 2 is 1.44 bits per heavy atom. The van der Waals surface area contributed by atoms with E-state index in [1.54, 1.807) is 0 Å². The highest BCUT2D eigenvalue weighted by Gasteiger charge is 2.37. The van der Waals surface area contributed by atoms with Gasteiger partial charge in [0, 0.05) is 8.07 Å². The molecule has 0 aromatic rings. The van der Waals surface area contributed by atoms with Crippen LogP contribution in [0, 0.1) is 0 Å². The molecule has 0 aliphatic carbocycles. The molecule has 0 saturated heterocycles. The highest BCUT2D eigenvalue weighted by molar-refractivity contribution is 6.96. The predicted octanol–water partition coefficient (Wildman–Crippen LogP) is 3.64. The molecule has 0 aliphatic rings. The first kappa shape index (κ1) is 16.6. The van der Waals surface area contributed by atoms with Gasteiger partial charge in [-0.3, -0.25) is 0 Å². The summed E-state index contributed by atoms with van der Waals surface area (Å²) in [6.45, 7) is 17.5. The van der Waals surface area contributed by atoms with Gasteiger partial charge in [-0.25, -0.2) is 0 Å². The normalized spacial score (nSPS) is 17.2. The lowest BCUT2D eigenvalue weighted by molar-refractivity contribution is 0.540. The third-order valence-corrected chi connectivity index (χ3v) is 15.4. The summed E-state index contributed by atoms with van der Waals surface area (Å²) in [5.74, 6) is 0. The van der Waals surface area contributed by atoms with Crippen LogP contribution >= 0.6 is 0 Å². The zero-order chi connectivity index (χ0) is 13.0. The van der Waals surface area contributed by atoms with Crippen LogP contribution in [-0.4, -0.2) is 31.3 Å². The standard InChI is InChI=1S/C11H31NOSi3/c1-14(2,3)11-16(7,10-8-9-12)13-15(4,5)6/h8-12H2,1-7H3. The first-order valence-electron chi connectivity index (χ1n) is 6.38. The molecule has 0 fully saturated rings. The predicted molar refractivity (Wildman–Crippen MR) is 82.7 cm³/mol. The highest BCUT2D eigenvalue weighted by atomic mass is 28.4. The molecular formula is C11H31NOSi3. The van der Waals surface area contributed by atoms with Gasteiger partial charge >= 0.3 is 0 Å². The van der Waals surface area contributed by atoms with E-state index in [-0.39, 0.29) is 0 Å². The maximum Gasteiger partial charge on any atom is 0.173 e. The quantitative estimate of drug-likeness (QED) is 0.721. The Kier molecular flexibility index (Phi) is 6.16. The zero-order valence-corrected chi connectivity index (χ0v) is 15.3. The minimum absolute atomic E-state index is 0.809. The number of hydrogen-bond acceptors (Lipinski definition) is 2.